The maximum atomic E-state index is 13.2. The zero-order valence-electron chi connectivity index (χ0n) is 14.2. The molecule has 1 aromatic heterocycles. The average molecular weight is 305 g/mol. The van der Waals surface area contributed by atoms with Crippen LogP contribution in [0.1, 0.15) is 55.6 Å². The number of hydrogen-bond donors (Lipinski definition) is 0. The normalized spacial score (nSPS) is 24.7. The third-order valence-electron chi connectivity index (χ3n) is 5.52. The van der Waals surface area contributed by atoms with Gasteiger partial charge in [-0.15, -0.1) is 0 Å². The number of nitrogens with zero attached hydrogens (tertiary/aromatic N) is 3. The van der Waals surface area contributed by atoms with Crippen LogP contribution in [0.3, 0.4) is 0 Å². The molecule has 0 aliphatic carbocycles. The van der Waals surface area contributed by atoms with Gasteiger partial charge in [0.1, 0.15) is 0 Å². The van der Waals surface area contributed by atoms with Gasteiger partial charge in [0.05, 0.1) is 17.2 Å². The number of amides is 1. The maximum Gasteiger partial charge on any atom is 0.229 e. The molecule has 5 heteroatoms. The first-order valence-electron chi connectivity index (χ1n) is 8.33. The summed E-state index contributed by atoms with van der Waals surface area (Å²) in [5.74, 6) is 0.306. The molecule has 1 amide bonds. The quantitative estimate of drug-likeness (QED) is 0.843. The lowest BCUT2D eigenvalue weighted by atomic mass is 9.80. The van der Waals surface area contributed by atoms with Gasteiger partial charge in [-0.25, -0.2) is 0 Å². The van der Waals surface area contributed by atoms with Gasteiger partial charge in [-0.1, -0.05) is 6.92 Å². The van der Waals surface area contributed by atoms with Crippen LogP contribution in [-0.4, -0.2) is 40.3 Å². The second-order valence-corrected chi connectivity index (χ2v) is 7.04. The van der Waals surface area contributed by atoms with E-state index in [0.717, 1.165) is 37.9 Å². The molecule has 0 aromatic carbocycles. The number of rotatable bonds is 2. The summed E-state index contributed by atoms with van der Waals surface area (Å²) in [6.45, 7) is 8.53. The molecule has 3 heterocycles. The van der Waals surface area contributed by atoms with Crippen molar-refractivity contribution in [3.8, 4) is 0 Å². The van der Waals surface area contributed by atoms with Gasteiger partial charge in [-0.2, -0.15) is 5.10 Å². The number of ether oxygens (including phenoxy) is 1. The van der Waals surface area contributed by atoms with Gasteiger partial charge >= 0.3 is 0 Å². The Balaban J connectivity index is 1.88. The van der Waals surface area contributed by atoms with Gasteiger partial charge in [-0.3, -0.25) is 9.48 Å². The minimum atomic E-state index is -0.259. The summed E-state index contributed by atoms with van der Waals surface area (Å²) in [4.78, 5) is 15.3. The topological polar surface area (TPSA) is 47.4 Å². The monoisotopic (exact) mass is 305 g/mol. The minimum absolute atomic E-state index is 0.195. The number of aryl methyl sites for hydroxylation is 2. The Bertz CT molecular complexity index is 573. The van der Waals surface area contributed by atoms with Crippen LogP contribution >= 0.6 is 0 Å². The molecule has 22 heavy (non-hydrogen) atoms. The Kier molecular flexibility index (Phi) is 4.02. The lowest BCUT2D eigenvalue weighted by Crippen LogP contribution is -2.45. The van der Waals surface area contributed by atoms with Crippen molar-refractivity contribution in [3.63, 3.8) is 0 Å². The molecule has 0 saturated carbocycles. The van der Waals surface area contributed by atoms with Crippen molar-refractivity contribution in [2.45, 2.75) is 52.5 Å². The second-order valence-electron chi connectivity index (χ2n) is 7.04. The number of carbonyl (C=O) groups excluding carboxylic acids is 1. The summed E-state index contributed by atoms with van der Waals surface area (Å²) in [5, 5.41) is 4.54. The summed E-state index contributed by atoms with van der Waals surface area (Å²) < 4.78 is 7.38. The molecule has 0 bridgehead atoms. The zero-order chi connectivity index (χ0) is 15.9. The summed E-state index contributed by atoms with van der Waals surface area (Å²) in [6.07, 6.45) is 3.79. The van der Waals surface area contributed by atoms with Crippen LogP contribution in [-0.2, 0) is 16.6 Å². The lowest BCUT2D eigenvalue weighted by Gasteiger charge is -2.38. The van der Waals surface area contributed by atoms with Crippen molar-refractivity contribution in [1.29, 1.82) is 0 Å². The maximum absolute atomic E-state index is 13.2. The van der Waals surface area contributed by atoms with E-state index >= 15 is 0 Å². The van der Waals surface area contributed by atoms with Gasteiger partial charge in [0, 0.05) is 38.1 Å². The van der Waals surface area contributed by atoms with E-state index in [1.165, 1.54) is 11.3 Å². The predicted molar refractivity (Wildman–Crippen MR) is 84.5 cm³/mol. The van der Waals surface area contributed by atoms with Crippen LogP contribution < -0.4 is 0 Å². The molecule has 1 aromatic rings. The van der Waals surface area contributed by atoms with Crippen LogP contribution in [0.2, 0.25) is 0 Å². The fourth-order valence-corrected chi connectivity index (χ4v) is 3.96. The number of hydrogen-bond acceptors (Lipinski definition) is 3. The van der Waals surface area contributed by atoms with Crippen molar-refractivity contribution in [2.24, 2.45) is 12.5 Å². The predicted octanol–water partition coefficient (Wildman–Crippen LogP) is 2.52. The van der Waals surface area contributed by atoms with Crippen molar-refractivity contribution in [1.82, 2.24) is 14.7 Å². The highest BCUT2D eigenvalue weighted by Gasteiger charge is 2.43. The first-order chi connectivity index (χ1) is 10.4. The van der Waals surface area contributed by atoms with E-state index in [9.17, 15) is 4.79 Å². The third-order valence-corrected chi connectivity index (χ3v) is 5.52. The van der Waals surface area contributed by atoms with Gasteiger partial charge in [-0.05, 0) is 39.5 Å². The highest BCUT2D eigenvalue weighted by Crippen LogP contribution is 2.40. The first-order valence-corrected chi connectivity index (χ1v) is 8.33. The van der Waals surface area contributed by atoms with E-state index in [1.54, 1.807) is 0 Å². The summed E-state index contributed by atoms with van der Waals surface area (Å²) >= 11 is 0. The fourth-order valence-electron chi connectivity index (χ4n) is 3.96. The number of likely N-dealkylation sites (tertiary alicyclic amines) is 1. The van der Waals surface area contributed by atoms with E-state index in [2.05, 4.69) is 30.8 Å². The van der Waals surface area contributed by atoms with E-state index in [-0.39, 0.29) is 11.5 Å². The van der Waals surface area contributed by atoms with Gasteiger partial charge in [0.25, 0.3) is 0 Å². The highest BCUT2D eigenvalue weighted by molar-refractivity contribution is 5.83. The molecule has 5 nitrogen and oxygen atoms in total. The van der Waals surface area contributed by atoms with Crippen molar-refractivity contribution < 1.29 is 9.53 Å². The average Bonchev–Trinajstić information content (AvgIpc) is 3.04. The Labute approximate surface area is 132 Å². The fraction of sp³-hybridized carbons (Fsp3) is 0.765. The molecule has 1 atom stereocenters. The molecule has 0 spiro atoms. The largest absolute Gasteiger partial charge is 0.381 e. The molecule has 0 unspecified atom stereocenters. The molecule has 122 valence electrons. The van der Waals surface area contributed by atoms with Gasteiger partial charge in [0.15, 0.2) is 0 Å². The Morgan fingerprint density at radius 2 is 2.00 bits per heavy atom. The summed E-state index contributed by atoms with van der Waals surface area (Å²) in [5.41, 5.74) is 3.23. The Hall–Kier alpha value is -1.36. The van der Waals surface area contributed by atoms with E-state index in [1.807, 2.05) is 11.7 Å². The van der Waals surface area contributed by atoms with Crippen LogP contribution in [0.4, 0.5) is 0 Å². The van der Waals surface area contributed by atoms with Crippen molar-refractivity contribution in [2.75, 3.05) is 19.8 Å². The van der Waals surface area contributed by atoms with Gasteiger partial charge in [0.2, 0.25) is 5.91 Å². The van der Waals surface area contributed by atoms with E-state index < -0.39 is 0 Å². The Morgan fingerprint density at radius 1 is 1.32 bits per heavy atom. The molecule has 2 aliphatic rings. The highest BCUT2D eigenvalue weighted by atomic mass is 16.5. The smallest absolute Gasteiger partial charge is 0.229 e. The zero-order valence-corrected chi connectivity index (χ0v) is 14.2. The number of carbonyl (C=O) groups is 1. The first kappa shape index (κ1) is 15.5. The van der Waals surface area contributed by atoms with Gasteiger partial charge < -0.3 is 9.64 Å². The summed E-state index contributed by atoms with van der Waals surface area (Å²) in [6, 6.07) is 0.195. The lowest BCUT2D eigenvalue weighted by molar-refractivity contribution is -0.147. The molecular weight excluding hydrogens is 278 g/mol. The molecule has 3 rings (SSSR count). The molecule has 0 radical (unpaired) electrons. The molecule has 2 fully saturated rings. The summed E-state index contributed by atoms with van der Waals surface area (Å²) in [7, 11) is 1.98. The van der Waals surface area contributed by atoms with Crippen molar-refractivity contribution in [3.05, 3.63) is 17.0 Å². The minimum Gasteiger partial charge on any atom is -0.381 e. The van der Waals surface area contributed by atoms with Crippen LogP contribution in [0.5, 0.6) is 0 Å². The van der Waals surface area contributed by atoms with Crippen LogP contribution in [0, 0.1) is 19.3 Å². The molecular formula is C17H27N3O2. The van der Waals surface area contributed by atoms with E-state index in [0.29, 0.717) is 19.1 Å². The van der Waals surface area contributed by atoms with E-state index in [4.69, 9.17) is 4.74 Å². The van der Waals surface area contributed by atoms with Crippen LogP contribution in [0.15, 0.2) is 0 Å². The second kappa shape index (κ2) is 5.69. The molecule has 2 saturated heterocycles. The standard InChI is InChI=1S/C17H27N3O2/c1-12-15(13(2)19(4)18-12)14-6-5-9-20(14)16(21)17(3)7-10-22-11-8-17/h14H,5-11H2,1-4H3/t14-/m0/s1. The third kappa shape index (κ3) is 2.45. The van der Waals surface area contributed by atoms with Crippen molar-refractivity contribution >= 4 is 5.91 Å². The number of aromatic nitrogens is 2. The molecule has 2 aliphatic heterocycles. The Morgan fingerprint density at radius 3 is 2.59 bits per heavy atom. The molecule has 0 N–H and O–H groups in total. The van der Waals surface area contributed by atoms with Crippen LogP contribution in [0.25, 0.3) is 0 Å². The SMILES string of the molecule is Cc1nn(C)c(C)c1[C@@H]1CCCN1C(=O)C1(C)CCOCC1.